The molecule has 0 unspecified atom stereocenters. The highest BCUT2D eigenvalue weighted by Gasteiger charge is 2.34. The molecule has 0 aliphatic rings. The van der Waals surface area contributed by atoms with Crippen LogP contribution in [0.1, 0.15) is 5.56 Å². The number of nitrogen functional groups attached to an aromatic ring is 1. The average molecular weight is 274 g/mol. The molecule has 0 radical (unpaired) electrons. The number of hydrogen-bond donors (Lipinski definition) is 1. The summed E-state index contributed by atoms with van der Waals surface area (Å²) in [5.41, 5.74) is 4.32. The fraction of sp³-hybridized carbons (Fsp3) is 0.143. The smallest absolute Gasteiger partial charge is 0.399 e. The number of nitrogens with two attached hydrogens (primary N) is 1. The van der Waals surface area contributed by atoms with Crippen LogP contribution < -0.4 is 5.73 Å². The number of rotatable bonds is 0. The van der Waals surface area contributed by atoms with Crippen LogP contribution in [0.5, 0.6) is 0 Å². The summed E-state index contributed by atoms with van der Waals surface area (Å²) in [5, 5.41) is -0.373. The van der Waals surface area contributed by atoms with Crippen molar-refractivity contribution in [3.05, 3.63) is 27.2 Å². The monoisotopic (exact) mass is 273 g/mol. The first-order valence-electron chi connectivity index (χ1n) is 3.14. The summed E-state index contributed by atoms with van der Waals surface area (Å²) < 4.78 is 36.9. The van der Waals surface area contributed by atoms with Gasteiger partial charge < -0.3 is 5.73 Å². The van der Waals surface area contributed by atoms with Crippen molar-refractivity contribution < 1.29 is 13.2 Å². The molecule has 6 heteroatoms. The fourth-order valence-corrected chi connectivity index (χ4v) is 1.51. The van der Waals surface area contributed by atoms with Gasteiger partial charge in [-0.3, -0.25) is 0 Å². The molecule has 13 heavy (non-hydrogen) atoms. The number of alkyl halides is 3. The van der Waals surface area contributed by atoms with E-state index in [-0.39, 0.29) is 15.2 Å². The second kappa shape index (κ2) is 3.38. The van der Waals surface area contributed by atoms with Crippen molar-refractivity contribution in [2.75, 3.05) is 5.73 Å². The lowest BCUT2D eigenvalue weighted by molar-refractivity contribution is -0.137. The maximum Gasteiger partial charge on any atom is 0.417 e. The second-order valence-electron chi connectivity index (χ2n) is 2.36. The number of halogens is 5. The molecule has 1 aromatic carbocycles. The quantitative estimate of drug-likeness (QED) is 0.717. The van der Waals surface area contributed by atoms with Gasteiger partial charge in [-0.15, -0.1) is 0 Å². The Morgan fingerprint density at radius 1 is 1.31 bits per heavy atom. The maximum absolute atomic E-state index is 12.2. The largest absolute Gasteiger partial charge is 0.417 e. The molecule has 0 saturated heterocycles. The third kappa shape index (κ3) is 2.28. The molecule has 2 N–H and O–H groups in total. The van der Waals surface area contributed by atoms with E-state index < -0.39 is 11.7 Å². The molecule has 0 heterocycles. The van der Waals surface area contributed by atoms with Gasteiger partial charge in [0, 0.05) is 10.2 Å². The maximum atomic E-state index is 12.2. The molecule has 0 atom stereocenters. The average Bonchev–Trinajstić information content (AvgIpc) is 1.94. The third-order valence-electron chi connectivity index (χ3n) is 1.36. The van der Waals surface area contributed by atoms with Crippen LogP contribution in [-0.4, -0.2) is 0 Å². The molecule has 0 fully saturated rings. The Balaban J connectivity index is 3.37. The minimum Gasteiger partial charge on any atom is -0.399 e. The van der Waals surface area contributed by atoms with Crippen LogP contribution >= 0.6 is 27.5 Å². The molecule has 0 amide bonds. The summed E-state index contributed by atoms with van der Waals surface area (Å²) >= 11 is 8.30. The number of hydrogen-bond acceptors (Lipinski definition) is 1. The summed E-state index contributed by atoms with van der Waals surface area (Å²) in [4.78, 5) is 0. The van der Waals surface area contributed by atoms with E-state index >= 15 is 0 Å². The zero-order valence-electron chi connectivity index (χ0n) is 6.12. The van der Waals surface area contributed by atoms with E-state index in [1.165, 1.54) is 6.07 Å². The molecule has 1 rings (SSSR count). The van der Waals surface area contributed by atoms with Crippen molar-refractivity contribution in [1.82, 2.24) is 0 Å². The lowest BCUT2D eigenvalue weighted by Gasteiger charge is -2.10. The first-order chi connectivity index (χ1) is 5.82. The highest BCUT2D eigenvalue weighted by molar-refractivity contribution is 9.10. The molecular weight excluding hydrogens is 270 g/mol. The lowest BCUT2D eigenvalue weighted by atomic mass is 10.2. The normalized spacial score (nSPS) is 11.8. The predicted molar refractivity (Wildman–Crippen MR) is 48.6 cm³/mol. The van der Waals surface area contributed by atoms with Gasteiger partial charge in [0.05, 0.1) is 10.6 Å². The highest BCUT2D eigenvalue weighted by Crippen LogP contribution is 2.39. The minimum atomic E-state index is -4.48. The van der Waals surface area contributed by atoms with Gasteiger partial charge in [0.25, 0.3) is 0 Å². The van der Waals surface area contributed by atoms with Crippen molar-refractivity contribution in [3.8, 4) is 0 Å². The van der Waals surface area contributed by atoms with Crippen LogP contribution in [0.3, 0.4) is 0 Å². The molecule has 0 spiro atoms. The standard InChI is InChI=1S/C7H4BrClF3N/c8-5-2-3(13)1-4(6(5)9)7(10,11)12/h1-2H,13H2. The summed E-state index contributed by atoms with van der Waals surface area (Å²) in [6.45, 7) is 0. The van der Waals surface area contributed by atoms with E-state index in [9.17, 15) is 13.2 Å². The van der Waals surface area contributed by atoms with Crippen LogP contribution in [0.25, 0.3) is 0 Å². The molecule has 0 aromatic heterocycles. The zero-order valence-corrected chi connectivity index (χ0v) is 8.46. The summed E-state index contributed by atoms with van der Waals surface area (Å²) in [6.07, 6.45) is -4.48. The molecular formula is C7H4BrClF3N. The number of anilines is 1. The van der Waals surface area contributed by atoms with Gasteiger partial charge in [-0.25, -0.2) is 0 Å². The Morgan fingerprint density at radius 3 is 2.31 bits per heavy atom. The van der Waals surface area contributed by atoms with Gasteiger partial charge >= 0.3 is 6.18 Å². The second-order valence-corrected chi connectivity index (χ2v) is 3.59. The van der Waals surface area contributed by atoms with Gasteiger partial charge in [-0.1, -0.05) is 11.6 Å². The summed E-state index contributed by atoms with van der Waals surface area (Å²) in [7, 11) is 0. The van der Waals surface area contributed by atoms with E-state index in [0.29, 0.717) is 0 Å². The van der Waals surface area contributed by atoms with E-state index in [4.69, 9.17) is 17.3 Å². The van der Waals surface area contributed by atoms with E-state index in [1.54, 1.807) is 0 Å². The molecule has 0 saturated carbocycles. The minimum absolute atomic E-state index is 0.0172. The molecule has 72 valence electrons. The van der Waals surface area contributed by atoms with Gasteiger partial charge in [0.2, 0.25) is 0 Å². The number of benzene rings is 1. The van der Waals surface area contributed by atoms with Gasteiger partial charge in [-0.2, -0.15) is 13.2 Å². The van der Waals surface area contributed by atoms with Crippen LogP contribution in [-0.2, 0) is 6.18 Å². The Morgan fingerprint density at radius 2 is 1.85 bits per heavy atom. The zero-order chi connectivity index (χ0) is 10.2. The van der Waals surface area contributed by atoms with Gasteiger partial charge in [-0.05, 0) is 28.1 Å². The first-order valence-corrected chi connectivity index (χ1v) is 4.31. The van der Waals surface area contributed by atoms with Crippen LogP contribution in [0.4, 0.5) is 18.9 Å². The van der Waals surface area contributed by atoms with Crippen LogP contribution in [0.2, 0.25) is 5.02 Å². The summed E-state index contributed by atoms with van der Waals surface area (Å²) in [6, 6.07) is 2.12. The fourth-order valence-electron chi connectivity index (χ4n) is 0.816. The van der Waals surface area contributed by atoms with E-state index in [2.05, 4.69) is 15.9 Å². The molecule has 1 nitrogen and oxygen atoms in total. The Hall–Kier alpha value is -0.420. The Kier molecular flexibility index (Phi) is 2.77. The molecule has 0 aliphatic carbocycles. The van der Waals surface area contributed by atoms with Crippen molar-refractivity contribution >= 4 is 33.2 Å². The van der Waals surface area contributed by atoms with Gasteiger partial charge in [0.1, 0.15) is 0 Å². The molecule has 1 aromatic rings. The first kappa shape index (κ1) is 10.7. The van der Waals surface area contributed by atoms with Gasteiger partial charge in [0.15, 0.2) is 0 Å². The topological polar surface area (TPSA) is 26.0 Å². The van der Waals surface area contributed by atoms with Crippen molar-refractivity contribution in [3.63, 3.8) is 0 Å². The summed E-state index contributed by atoms with van der Waals surface area (Å²) in [5.74, 6) is 0. The van der Waals surface area contributed by atoms with Crippen molar-refractivity contribution in [2.45, 2.75) is 6.18 Å². The predicted octanol–water partition coefficient (Wildman–Crippen LogP) is 3.70. The van der Waals surface area contributed by atoms with E-state index in [1.807, 2.05) is 0 Å². The van der Waals surface area contributed by atoms with Crippen LogP contribution in [0, 0.1) is 0 Å². The molecule has 0 aliphatic heterocycles. The van der Waals surface area contributed by atoms with Crippen molar-refractivity contribution in [1.29, 1.82) is 0 Å². The Bertz CT molecular complexity index is 337. The van der Waals surface area contributed by atoms with Crippen molar-refractivity contribution in [2.24, 2.45) is 0 Å². The van der Waals surface area contributed by atoms with Crippen LogP contribution in [0.15, 0.2) is 16.6 Å². The Labute approximate surface area is 85.8 Å². The lowest BCUT2D eigenvalue weighted by Crippen LogP contribution is -2.07. The molecule has 0 bridgehead atoms. The third-order valence-corrected chi connectivity index (χ3v) is 2.62. The highest BCUT2D eigenvalue weighted by atomic mass is 79.9. The SMILES string of the molecule is Nc1cc(Br)c(Cl)c(C(F)(F)F)c1. The van der Waals surface area contributed by atoms with E-state index in [0.717, 1.165) is 6.07 Å².